The Balaban J connectivity index is 2.67. The van der Waals surface area contributed by atoms with E-state index in [1.54, 1.807) is 19.2 Å². The Bertz CT molecular complexity index is 540. The van der Waals surface area contributed by atoms with Crippen LogP contribution in [0.2, 0.25) is 5.02 Å². The minimum atomic E-state index is 0.0873. The van der Waals surface area contributed by atoms with Gasteiger partial charge in [-0.05, 0) is 26.0 Å². The van der Waals surface area contributed by atoms with Crippen LogP contribution in [0.15, 0.2) is 24.3 Å². The SMILES string of the molecule is COc1cc(OC(C)C)c2cccc(Cl)c2n1. The first-order chi connectivity index (χ1) is 8.11. The van der Waals surface area contributed by atoms with E-state index in [4.69, 9.17) is 21.1 Å². The quantitative estimate of drug-likeness (QED) is 0.834. The number of halogens is 1. The third kappa shape index (κ3) is 2.44. The van der Waals surface area contributed by atoms with Crippen molar-refractivity contribution < 1.29 is 9.47 Å². The van der Waals surface area contributed by atoms with Crippen molar-refractivity contribution in [2.75, 3.05) is 7.11 Å². The van der Waals surface area contributed by atoms with Gasteiger partial charge in [-0.15, -0.1) is 0 Å². The number of aromatic nitrogens is 1. The largest absolute Gasteiger partial charge is 0.490 e. The van der Waals surface area contributed by atoms with Crippen LogP contribution in [0.5, 0.6) is 11.6 Å². The smallest absolute Gasteiger partial charge is 0.217 e. The highest BCUT2D eigenvalue weighted by Gasteiger charge is 2.10. The van der Waals surface area contributed by atoms with E-state index < -0.39 is 0 Å². The molecule has 4 heteroatoms. The summed E-state index contributed by atoms with van der Waals surface area (Å²) in [5.74, 6) is 1.24. The molecule has 0 spiro atoms. The maximum absolute atomic E-state index is 6.12. The molecule has 0 unspecified atom stereocenters. The lowest BCUT2D eigenvalue weighted by atomic mass is 10.2. The molecule has 2 rings (SSSR count). The van der Waals surface area contributed by atoms with Crippen LogP contribution >= 0.6 is 11.6 Å². The summed E-state index contributed by atoms with van der Waals surface area (Å²) >= 11 is 6.12. The fraction of sp³-hybridized carbons (Fsp3) is 0.308. The zero-order valence-electron chi connectivity index (χ0n) is 10.0. The van der Waals surface area contributed by atoms with Crippen LogP contribution in [-0.4, -0.2) is 18.2 Å². The highest BCUT2D eigenvalue weighted by atomic mass is 35.5. The second kappa shape index (κ2) is 4.80. The highest BCUT2D eigenvalue weighted by Crippen LogP contribution is 2.32. The Hall–Kier alpha value is -1.48. The number of pyridine rings is 1. The summed E-state index contributed by atoms with van der Waals surface area (Å²) < 4.78 is 10.9. The van der Waals surface area contributed by atoms with E-state index in [9.17, 15) is 0 Å². The summed E-state index contributed by atoms with van der Waals surface area (Å²) in [6.07, 6.45) is 0.0873. The standard InChI is InChI=1S/C13H14ClNO2/c1-8(2)17-11-7-12(16-3)15-13-9(11)5-4-6-10(13)14/h4-8H,1-3H3. The first kappa shape index (κ1) is 12.0. The first-order valence-electron chi connectivity index (χ1n) is 5.41. The molecule has 0 radical (unpaired) electrons. The molecule has 3 nitrogen and oxygen atoms in total. The van der Waals surface area contributed by atoms with Gasteiger partial charge in [0, 0.05) is 11.5 Å². The number of para-hydroxylation sites is 1. The molecule has 0 amide bonds. The molecule has 0 N–H and O–H groups in total. The van der Waals surface area contributed by atoms with Crippen molar-refractivity contribution >= 4 is 22.5 Å². The van der Waals surface area contributed by atoms with E-state index in [0.29, 0.717) is 16.4 Å². The van der Waals surface area contributed by atoms with Gasteiger partial charge in [-0.25, -0.2) is 4.98 Å². The fourth-order valence-electron chi connectivity index (χ4n) is 1.62. The molecule has 0 aliphatic heterocycles. The van der Waals surface area contributed by atoms with Crippen molar-refractivity contribution in [3.05, 3.63) is 29.3 Å². The molecule has 0 saturated heterocycles. The van der Waals surface area contributed by atoms with Crippen LogP contribution in [0.4, 0.5) is 0 Å². The topological polar surface area (TPSA) is 31.4 Å². The normalized spacial score (nSPS) is 10.9. The molecular formula is C13H14ClNO2. The minimum absolute atomic E-state index is 0.0873. The number of hydrogen-bond donors (Lipinski definition) is 0. The van der Waals surface area contributed by atoms with Gasteiger partial charge < -0.3 is 9.47 Å². The van der Waals surface area contributed by atoms with Crippen LogP contribution in [0, 0.1) is 0 Å². The molecule has 0 aliphatic rings. The van der Waals surface area contributed by atoms with E-state index in [1.165, 1.54) is 0 Å². The van der Waals surface area contributed by atoms with Crippen molar-refractivity contribution in [3.8, 4) is 11.6 Å². The van der Waals surface area contributed by atoms with E-state index in [2.05, 4.69) is 4.98 Å². The Morgan fingerprint density at radius 2 is 2.06 bits per heavy atom. The summed E-state index contributed by atoms with van der Waals surface area (Å²) in [6, 6.07) is 7.39. The maximum Gasteiger partial charge on any atom is 0.217 e. The Kier molecular flexibility index (Phi) is 3.38. The van der Waals surface area contributed by atoms with Crippen LogP contribution in [-0.2, 0) is 0 Å². The average Bonchev–Trinajstić information content (AvgIpc) is 2.29. The minimum Gasteiger partial charge on any atom is -0.490 e. The van der Waals surface area contributed by atoms with E-state index in [-0.39, 0.29) is 6.10 Å². The van der Waals surface area contributed by atoms with Gasteiger partial charge in [0.2, 0.25) is 5.88 Å². The van der Waals surface area contributed by atoms with E-state index >= 15 is 0 Å². The van der Waals surface area contributed by atoms with Crippen LogP contribution in [0.3, 0.4) is 0 Å². The van der Waals surface area contributed by atoms with E-state index in [0.717, 1.165) is 11.1 Å². The third-order valence-electron chi connectivity index (χ3n) is 2.30. The molecular weight excluding hydrogens is 238 g/mol. The second-order valence-corrected chi connectivity index (χ2v) is 4.37. The zero-order chi connectivity index (χ0) is 12.4. The summed E-state index contributed by atoms with van der Waals surface area (Å²) in [4.78, 5) is 4.33. The fourth-order valence-corrected chi connectivity index (χ4v) is 1.83. The van der Waals surface area contributed by atoms with Crippen molar-refractivity contribution in [2.45, 2.75) is 20.0 Å². The molecule has 17 heavy (non-hydrogen) atoms. The number of nitrogens with zero attached hydrogens (tertiary/aromatic N) is 1. The predicted octanol–water partition coefficient (Wildman–Crippen LogP) is 3.68. The molecule has 90 valence electrons. The van der Waals surface area contributed by atoms with E-state index in [1.807, 2.05) is 26.0 Å². The Labute approximate surface area is 105 Å². The molecule has 1 aromatic carbocycles. The second-order valence-electron chi connectivity index (χ2n) is 3.97. The number of methoxy groups -OCH3 is 1. The van der Waals surface area contributed by atoms with Crippen LogP contribution < -0.4 is 9.47 Å². The molecule has 0 bridgehead atoms. The zero-order valence-corrected chi connectivity index (χ0v) is 10.8. The van der Waals surface area contributed by atoms with Gasteiger partial charge in [-0.2, -0.15) is 0 Å². The Morgan fingerprint density at radius 3 is 2.71 bits per heavy atom. The Morgan fingerprint density at radius 1 is 1.29 bits per heavy atom. The van der Waals surface area contributed by atoms with Crippen molar-refractivity contribution in [2.24, 2.45) is 0 Å². The van der Waals surface area contributed by atoms with Gasteiger partial charge in [0.1, 0.15) is 5.75 Å². The van der Waals surface area contributed by atoms with Crippen molar-refractivity contribution in [1.29, 1.82) is 0 Å². The van der Waals surface area contributed by atoms with Crippen molar-refractivity contribution in [3.63, 3.8) is 0 Å². The van der Waals surface area contributed by atoms with Crippen LogP contribution in [0.1, 0.15) is 13.8 Å². The third-order valence-corrected chi connectivity index (χ3v) is 2.61. The first-order valence-corrected chi connectivity index (χ1v) is 5.79. The number of benzene rings is 1. The molecule has 1 heterocycles. The van der Waals surface area contributed by atoms with Gasteiger partial charge in [-0.3, -0.25) is 0 Å². The van der Waals surface area contributed by atoms with Gasteiger partial charge in [-0.1, -0.05) is 17.7 Å². The van der Waals surface area contributed by atoms with Crippen molar-refractivity contribution in [1.82, 2.24) is 4.98 Å². The number of hydrogen-bond acceptors (Lipinski definition) is 3. The maximum atomic E-state index is 6.12. The van der Waals surface area contributed by atoms with Gasteiger partial charge in [0.25, 0.3) is 0 Å². The monoisotopic (exact) mass is 251 g/mol. The molecule has 1 aromatic heterocycles. The summed E-state index contributed by atoms with van der Waals surface area (Å²) in [5.41, 5.74) is 0.698. The highest BCUT2D eigenvalue weighted by molar-refractivity contribution is 6.35. The summed E-state index contributed by atoms with van der Waals surface area (Å²) in [6.45, 7) is 3.95. The summed E-state index contributed by atoms with van der Waals surface area (Å²) in [5, 5.41) is 1.49. The van der Waals surface area contributed by atoms with Crippen LogP contribution in [0.25, 0.3) is 10.9 Å². The average molecular weight is 252 g/mol. The number of ether oxygens (including phenoxy) is 2. The molecule has 0 saturated carbocycles. The lowest BCUT2D eigenvalue weighted by Gasteiger charge is -2.13. The van der Waals surface area contributed by atoms with Gasteiger partial charge >= 0.3 is 0 Å². The molecule has 0 atom stereocenters. The molecule has 0 aliphatic carbocycles. The number of rotatable bonds is 3. The predicted molar refractivity (Wildman–Crippen MR) is 69.1 cm³/mol. The van der Waals surface area contributed by atoms with Gasteiger partial charge in [0.15, 0.2) is 0 Å². The molecule has 2 aromatic rings. The molecule has 0 fully saturated rings. The van der Waals surface area contributed by atoms with Gasteiger partial charge in [0.05, 0.1) is 23.8 Å². The summed E-state index contributed by atoms with van der Waals surface area (Å²) in [7, 11) is 1.57. The lowest BCUT2D eigenvalue weighted by molar-refractivity contribution is 0.244. The lowest BCUT2D eigenvalue weighted by Crippen LogP contribution is -2.06. The number of fused-ring (bicyclic) bond motifs is 1.